The standard InChI is InChI=1S/C14H17N5O2/c1-16-14(21)19-8-2-3-12(19)13(20)18-17-11-6-4-10(9-15)5-7-11/h4-7,12,17H,2-3,8H2,1H3,(H,16,21)(H,18,20). The Morgan fingerprint density at radius 2 is 2.05 bits per heavy atom. The van der Waals surface area contributed by atoms with Gasteiger partial charge in [0.05, 0.1) is 17.3 Å². The third-order valence-electron chi connectivity index (χ3n) is 3.37. The van der Waals surface area contributed by atoms with Crippen LogP contribution in [0.25, 0.3) is 0 Å². The van der Waals surface area contributed by atoms with Crippen molar-refractivity contribution < 1.29 is 9.59 Å². The van der Waals surface area contributed by atoms with Crippen molar-refractivity contribution in [3.63, 3.8) is 0 Å². The molecule has 1 aromatic rings. The molecular weight excluding hydrogens is 270 g/mol. The molecule has 0 bridgehead atoms. The van der Waals surface area contributed by atoms with Gasteiger partial charge >= 0.3 is 6.03 Å². The van der Waals surface area contributed by atoms with E-state index in [2.05, 4.69) is 16.2 Å². The number of urea groups is 1. The highest BCUT2D eigenvalue weighted by Gasteiger charge is 2.33. The van der Waals surface area contributed by atoms with Gasteiger partial charge in [-0.25, -0.2) is 4.79 Å². The predicted molar refractivity (Wildman–Crippen MR) is 77.1 cm³/mol. The van der Waals surface area contributed by atoms with Crippen LogP contribution < -0.4 is 16.2 Å². The van der Waals surface area contributed by atoms with Crippen molar-refractivity contribution >= 4 is 17.6 Å². The van der Waals surface area contributed by atoms with Crippen LogP contribution in [-0.2, 0) is 4.79 Å². The Bertz CT molecular complexity index is 564. The molecule has 21 heavy (non-hydrogen) atoms. The molecule has 1 aromatic carbocycles. The summed E-state index contributed by atoms with van der Waals surface area (Å²) >= 11 is 0. The van der Waals surface area contributed by atoms with E-state index < -0.39 is 6.04 Å². The van der Waals surface area contributed by atoms with Gasteiger partial charge in [0.15, 0.2) is 0 Å². The van der Waals surface area contributed by atoms with Gasteiger partial charge in [0, 0.05) is 13.6 Å². The highest BCUT2D eigenvalue weighted by molar-refractivity contribution is 5.88. The summed E-state index contributed by atoms with van der Waals surface area (Å²) in [7, 11) is 1.55. The monoisotopic (exact) mass is 287 g/mol. The summed E-state index contributed by atoms with van der Waals surface area (Å²) in [6.45, 7) is 0.578. The van der Waals surface area contributed by atoms with Crippen LogP contribution in [0.5, 0.6) is 0 Å². The van der Waals surface area contributed by atoms with E-state index in [-0.39, 0.29) is 11.9 Å². The van der Waals surface area contributed by atoms with Crippen molar-refractivity contribution in [2.24, 2.45) is 0 Å². The molecule has 7 heteroatoms. The molecule has 7 nitrogen and oxygen atoms in total. The molecule has 1 unspecified atom stereocenters. The van der Waals surface area contributed by atoms with E-state index in [1.54, 1.807) is 31.3 Å². The minimum absolute atomic E-state index is 0.244. The second kappa shape index (κ2) is 6.61. The summed E-state index contributed by atoms with van der Waals surface area (Å²) in [6, 6.07) is 8.02. The first-order chi connectivity index (χ1) is 10.2. The summed E-state index contributed by atoms with van der Waals surface area (Å²) in [5.41, 5.74) is 6.60. The number of amides is 3. The van der Waals surface area contributed by atoms with Crippen LogP contribution in [0, 0.1) is 11.3 Å². The Hall–Kier alpha value is -2.75. The molecule has 1 aliphatic heterocycles. The number of hydrogen-bond donors (Lipinski definition) is 3. The Kier molecular flexibility index (Phi) is 4.61. The number of hydrazine groups is 1. The number of carbonyl (C=O) groups is 2. The van der Waals surface area contributed by atoms with Crippen molar-refractivity contribution in [2.75, 3.05) is 19.0 Å². The van der Waals surface area contributed by atoms with E-state index in [0.29, 0.717) is 24.2 Å². The average molecular weight is 287 g/mol. The lowest BCUT2D eigenvalue weighted by Gasteiger charge is -2.23. The summed E-state index contributed by atoms with van der Waals surface area (Å²) in [5.74, 6) is -0.250. The molecule has 1 saturated heterocycles. The number of carbonyl (C=O) groups excluding carboxylic acids is 2. The number of nitriles is 1. The Balaban J connectivity index is 1.91. The van der Waals surface area contributed by atoms with Crippen molar-refractivity contribution in [3.05, 3.63) is 29.8 Å². The topological polar surface area (TPSA) is 97.3 Å². The zero-order valence-corrected chi connectivity index (χ0v) is 11.7. The fourth-order valence-electron chi connectivity index (χ4n) is 2.27. The molecule has 1 atom stereocenters. The van der Waals surface area contributed by atoms with Crippen LogP contribution in [0.3, 0.4) is 0 Å². The van der Waals surface area contributed by atoms with Gasteiger partial charge in [0.1, 0.15) is 6.04 Å². The largest absolute Gasteiger partial charge is 0.341 e. The highest BCUT2D eigenvalue weighted by atomic mass is 16.2. The molecule has 1 fully saturated rings. The number of rotatable bonds is 3. The highest BCUT2D eigenvalue weighted by Crippen LogP contribution is 2.17. The van der Waals surface area contributed by atoms with Gasteiger partial charge in [-0.05, 0) is 37.1 Å². The first-order valence-electron chi connectivity index (χ1n) is 6.70. The van der Waals surface area contributed by atoms with E-state index >= 15 is 0 Å². The fraction of sp³-hybridized carbons (Fsp3) is 0.357. The number of nitrogens with zero attached hydrogens (tertiary/aromatic N) is 2. The summed E-state index contributed by atoms with van der Waals surface area (Å²) in [4.78, 5) is 25.3. The minimum Gasteiger partial charge on any atom is -0.341 e. The Morgan fingerprint density at radius 1 is 1.33 bits per heavy atom. The van der Waals surface area contributed by atoms with Gasteiger partial charge in [-0.1, -0.05) is 0 Å². The van der Waals surface area contributed by atoms with Gasteiger partial charge < -0.3 is 10.2 Å². The van der Waals surface area contributed by atoms with Gasteiger partial charge in [-0.2, -0.15) is 5.26 Å². The lowest BCUT2D eigenvalue weighted by atomic mass is 10.2. The van der Waals surface area contributed by atoms with Crippen molar-refractivity contribution in [1.82, 2.24) is 15.6 Å². The first-order valence-corrected chi connectivity index (χ1v) is 6.70. The lowest BCUT2D eigenvalue weighted by molar-refractivity contribution is -0.124. The first kappa shape index (κ1) is 14.7. The maximum Gasteiger partial charge on any atom is 0.317 e. The van der Waals surface area contributed by atoms with Crippen molar-refractivity contribution in [2.45, 2.75) is 18.9 Å². The Morgan fingerprint density at radius 3 is 2.67 bits per heavy atom. The van der Waals surface area contributed by atoms with Crippen LogP contribution in [0.4, 0.5) is 10.5 Å². The number of benzene rings is 1. The van der Waals surface area contributed by atoms with Crippen LogP contribution in [0.1, 0.15) is 18.4 Å². The van der Waals surface area contributed by atoms with E-state index in [1.165, 1.54) is 4.90 Å². The lowest BCUT2D eigenvalue weighted by Crippen LogP contribution is -2.49. The van der Waals surface area contributed by atoms with E-state index in [9.17, 15) is 9.59 Å². The van der Waals surface area contributed by atoms with Crippen molar-refractivity contribution in [3.8, 4) is 6.07 Å². The zero-order valence-electron chi connectivity index (χ0n) is 11.7. The average Bonchev–Trinajstić information content (AvgIpc) is 3.02. The Labute approximate surface area is 122 Å². The molecule has 0 aliphatic carbocycles. The molecule has 0 radical (unpaired) electrons. The van der Waals surface area contributed by atoms with Crippen LogP contribution in [0.2, 0.25) is 0 Å². The van der Waals surface area contributed by atoms with E-state index in [1.807, 2.05) is 6.07 Å². The normalized spacial score (nSPS) is 17.0. The minimum atomic E-state index is -0.462. The predicted octanol–water partition coefficient (Wildman–Crippen LogP) is 0.805. The van der Waals surface area contributed by atoms with E-state index in [0.717, 1.165) is 6.42 Å². The van der Waals surface area contributed by atoms with Gasteiger partial charge in [0.2, 0.25) is 0 Å². The SMILES string of the molecule is CNC(=O)N1CCCC1C(=O)NNc1ccc(C#N)cc1. The summed E-state index contributed by atoms with van der Waals surface area (Å²) in [5, 5.41) is 11.2. The zero-order chi connectivity index (χ0) is 15.2. The smallest absolute Gasteiger partial charge is 0.317 e. The maximum absolute atomic E-state index is 12.1. The van der Waals surface area contributed by atoms with Crippen LogP contribution >= 0.6 is 0 Å². The summed E-state index contributed by atoms with van der Waals surface area (Å²) < 4.78 is 0. The molecule has 110 valence electrons. The summed E-state index contributed by atoms with van der Waals surface area (Å²) in [6.07, 6.45) is 1.46. The number of anilines is 1. The quantitative estimate of drug-likeness (QED) is 0.716. The second-order valence-electron chi connectivity index (χ2n) is 4.71. The molecule has 0 aromatic heterocycles. The van der Waals surface area contributed by atoms with E-state index in [4.69, 9.17) is 5.26 Å². The molecule has 3 N–H and O–H groups in total. The molecule has 0 saturated carbocycles. The third kappa shape index (κ3) is 3.42. The molecular formula is C14H17N5O2. The van der Waals surface area contributed by atoms with Gasteiger partial charge in [0.25, 0.3) is 5.91 Å². The maximum atomic E-state index is 12.1. The molecule has 1 aliphatic rings. The van der Waals surface area contributed by atoms with Gasteiger partial charge in [-0.15, -0.1) is 0 Å². The molecule has 0 spiro atoms. The van der Waals surface area contributed by atoms with Crippen molar-refractivity contribution in [1.29, 1.82) is 5.26 Å². The molecule has 2 rings (SSSR count). The van der Waals surface area contributed by atoms with Crippen LogP contribution in [-0.4, -0.2) is 36.5 Å². The third-order valence-corrected chi connectivity index (χ3v) is 3.37. The van der Waals surface area contributed by atoms with Gasteiger partial charge in [-0.3, -0.25) is 15.6 Å². The second-order valence-corrected chi connectivity index (χ2v) is 4.71. The number of hydrogen-bond acceptors (Lipinski definition) is 4. The number of likely N-dealkylation sites (tertiary alicyclic amines) is 1. The van der Waals surface area contributed by atoms with Crippen LogP contribution in [0.15, 0.2) is 24.3 Å². The fourth-order valence-corrected chi connectivity index (χ4v) is 2.27. The number of nitrogens with one attached hydrogen (secondary N) is 3. The molecule has 1 heterocycles. The molecule has 3 amide bonds.